The number of aromatic nitrogens is 2. The van der Waals surface area contributed by atoms with Crippen molar-refractivity contribution in [3.8, 4) is 0 Å². The summed E-state index contributed by atoms with van der Waals surface area (Å²) in [6.07, 6.45) is 1.57. The number of anilines is 1. The van der Waals surface area contributed by atoms with E-state index in [1.54, 1.807) is 31.4 Å². The molecule has 0 bridgehead atoms. The Bertz CT molecular complexity index is 1000. The predicted molar refractivity (Wildman–Crippen MR) is 107 cm³/mol. The maximum absolute atomic E-state index is 12.3. The summed E-state index contributed by atoms with van der Waals surface area (Å²) in [6.45, 7) is 0.668. The zero-order chi connectivity index (χ0) is 19.2. The zero-order valence-corrected chi connectivity index (χ0v) is 16.3. The molecular weight excluding hydrogens is 410 g/mol. The number of ether oxygens (including phenoxy) is 1. The van der Waals surface area contributed by atoms with Crippen molar-refractivity contribution in [1.29, 1.82) is 0 Å². The highest BCUT2D eigenvalue weighted by Crippen LogP contribution is 2.17. The summed E-state index contributed by atoms with van der Waals surface area (Å²) < 4.78 is 7.02. The molecule has 0 saturated heterocycles. The Morgan fingerprint density at radius 1 is 1.15 bits per heavy atom. The molecule has 138 valence electrons. The number of hydrogen-bond acceptors (Lipinski definition) is 5. The van der Waals surface area contributed by atoms with Gasteiger partial charge in [-0.15, -0.1) is 0 Å². The Morgan fingerprint density at radius 2 is 1.89 bits per heavy atom. The molecule has 7 heteroatoms. The third-order valence-corrected chi connectivity index (χ3v) is 4.70. The van der Waals surface area contributed by atoms with Gasteiger partial charge in [-0.1, -0.05) is 42.5 Å². The summed E-state index contributed by atoms with van der Waals surface area (Å²) in [5, 5.41) is 7.13. The molecule has 0 aliphatic heterocycles. The van der Waals surface area contributed by atoms with E-state index in [1.807, 2.05) is 36.4 Å². The van der Waals surface area contributed by atoms with Crippen molar-refractivity contribution >= 4 is 27.6 Å². The number of halogens is 1. The second kappa shape index (κ2) is 8.64. The fraction of sp³-hybridized carbons (Fsp3) is 0.150. The lowest BCUT2D eigenvalue weighted by atomic mass is 10.1. The maximum Gasteiger partial charge on any atom is 0.338 e. The normalized spacial score (nSPS) is 10.4. The molecule has 0 spiro atoms. The van der Waals surface area contributed by atoms with Gasteiger partial charge < -0.3 is 10.1 Å². The van der Waals surface area contributed by atoms with E-state index in [-0.39, 0.29) is 18.1 Å². The van der Waals surface area contributed by atoms with Gasteiger partial charge in [-0.3, -0.25) is 4.79 Å². The molecule has 3 aromatic rings. The summed E-state index contributed by atoms with van der Waals surface area (Å²) in [6, 6.07) is 16.7. The number of carbonyl (C=O) groups is 1. The van der Waals surface area contributed by atoms with Gasteiger partial charge >= 0.3 is 5.97 Å². The monoisotopic (exact) mass is 427 g/mol. The lowest BCUT2D eigenvalue weighted by Gasteiger charge is -2.10. The fourth-order valence-electron chi connectivity index (χ4n) is 2.45. The van der Waals surface area contributed by atoms with Crippen molar-refractivity contribution < 1.29 is 9.53 Å². The van der Waals surface area contributed by atoms with Gasteiger partial charge in [-0.25, -0.2) is 9.48 Å². The summed E-state index contributed by atoms with van der Waals surface area (Å²) >= 11 is 3.28. The number of esters is 1. The molecular formula is C20H18BrN3O3. The van der Waals surface area contributed by atoms with E-state index in [2.05, 4.69) is 26.3 Å². The fourth-order valence-corrected chi connectivity index (χ4v) is 2.95. The van der Waals surface area contributed by atoms with Crippen molar-refractivity contribution in [3.05, 3.63) is 92.3 Å². The Labute approximate surface area is 164 Å². The van der Waals surface area contributed by atoms with Crippen LogP contribution < -0.4 is 10.9 Å². The van der Waals surface area contributed by atoms with E-state index < -0.39 is 0 Å². The standard InChI is InChI=1S/C20H18BrN3O3/c1-24-19(25)18(21)17(12-23-24)22-11-15-8-5-9-16(10-15)20(26)27-13-14-6-3-2-4-7-14/h2-10,12,22H,11,13H2,1H3. The summed E-state index contributed by atoms with van der Waals surface area (Å²) in [5.41, 5.74) is 2.67. The number of nitrogens with zero attached hydrogens (tertiary/aromatic N) is 2. The van der Waals surface area contributed by atoms with Gasteiger partial charge in [-0.05, 0) is 39.2 Å². The highest BCUT2D eigenvalue weighted by atomic mass is 79.9. The van der Waals surface area contributed by atoms with Crippen LogP contribution in [0.2, 0.25) is 0 Å². The average molecular weight is 428 g/mol. The first-order valence-corrected chi connectivity index (χ1v) is 9.09. The molecule has 1 aromatic heterocycles. The molecule has 0 amide bonds. The summed E-state index contributed by atoms with van der Waals surface area (Å²) in [7, 11) is 1.58. The van der Waals surface area contributed by atoms with Gasteiger partial charge in [0.1, 0.15) is 11.1 Å². The molecule has 3 rings (SSSR count). The molecule has 2 aromatic carbocycles. The van der Waals surface area contributed by atoms with Gasteiger partial charge in [-0.2, -0.15) is 5.10 Å². The number of rotatable bonds is 6. The van der Waals surface area contributed by atoms with Crippen LogP contribution in [-0.2, 0) is 24.9 Å². The van der Waals surface area contributed by atoms with E-state index in [0.29, 0.717) is 22.3 Å². The number of benzene rings is 2. The van der Waals surface area contributed by atoms with Gasteiger partial charge in [0.15, 0.2) is 0 Å². The SMILES string of the molecule is Cn1ncc(NCc2cccc(C(=O)OCc3ccccc3)c2)c(Br)c1=O. The maximum atomic E-state index is 12.3. The highest BCUT2D eigenvalue weighted by Gasteiger charge is 2.10. The predicted octanol–water partition coefficient (Wildman–Crippen LogP) is 3.51. The van der Waals surface area contributed by atoms with Gasteiger partial charge in [0, 0.05) is 13.6 Å². The van der Waals surface area contributed by atoms with Crippen molar-refractivity contribution in [2.75, 3.05) is 5.32 Å². The van der Waals surface area contributed by atoms with E-state index in [4.69, 9.17) is 4.74 Å². The van der Waals surface area contributed by atoms with E-state index in [1.165, 1.54) is 4.68 Å². The van der Waals surface area contributed by atoms with Crippen LogP contribution >= 0.6 is 15.9 Å². The van der Waals surface area contributed by atoms with E-state index in [9.17, 15) is 9.59 Å². The molecule has 0 unspecified atom stereocenters. The zero-order valence-electron chi connectivity index (χ0n) is 14.7. The number of hydrogen-bond donors (Lipinski definition) is 1. The summed E-state index contributed by atoms with van der Waals surface area (Å²) in [5.74, 6) is -0.378. The first kappa shape index (κ1) is 18.8. The minimum Gasteiger partial charge on any atom is -0.457 e. The van der Waals surface area contributed by atoms with Crippen molar-refractivity contribution in [2.24, 2.45) is 7.05 Å². The Morgan fingerprint density at radius 3 is 2.67 bits per heavy atom. The number of carbonyl (C=O) groups excluding carboxylic acids is 1. The Hall–Kier alpha value is -2.93. The van der Waals surface area contributed by atoms with Crippen LogP contribution in [0.4, 0.5) is 5.69 Å². The lowest BCUT2D eigenvalue weighted by molar-refractivity contribution is 0.0472. The van der Waals surface area contributed by atoms with Gasteiger partial charge in [0.2, 0.25) is 0 Å². The molecule has 0 aliphatic carbocycles. The third-order valence-electron chi connectivity index (χ3n) is 3.94. The van der Waals surface area contributed by atoms with Gasteiger partial charge in [0.05, 0.1) is 17.4 Å². The largest absolute Gasteiger partial charge is 0.457 e. The Kier molecular flexibility index (Phi) is 6.03. The highest BCUT2D eigenvalue weighted by molar-refractivity contribution is 9.10. The first-order valence-electron chi connectivity index (χ1n) is 8.30. The van der Waals surface area contributed by atoms with E-state index >= 15 is 0 Å². The second-order valence-corrected chi connectivity index (χ2v) is 6.71. The van der Waals surface area contributed by atoms with Gasteiger partial charge in [0.25, 0.3) is 5.56 Å². The molecule has 0 radical (unpaired) electrons. The lowest BCUT2D eigenvalue weighted by Crippen LogP contribution is -2.21. The van der Waals surface area contributed by atoms with Crippen LogP contribution in [0.5, 0.6) is 0 Å². The molecule has 6 nitrogen and oxygen atoms in total. The number of aryl methyl sites for hydroxylation is 1. The van der Waals surface area contributed by atoms with Crippen LogP contribution in [-0.4, -0.2) is 15.7 Å². The Balaban J connectivity index is 1.64. The molecule has 1 N–H and O–H groups in total. The third kappa shape index (κ3) is 4.83. The quantitative estimate of drug-likeness (QED) is 0.609. The first-order chi connectivity index (χ1) is 13.0. The van der Waals surface area contributed by atoms with Crippen LogP contribution in [0.15, 0.2) is 70.1 Å². The van der Waals surface area contributed by atoms with Crippen molar-refractivity contribution in [1.82, 2.24) is 9.78 Å². The molecule has 27 heavy (non-hydrogen) atoms. The molecule has 0 aliphatic rings. The second-order valence-electron chi connectivity index (χ2n) is 5.92. The molecule has 0 fully saturated rings. The minimum absolute atomic E-state index is 0.224. The smallest absolute Gasteiger partial charge is 0.338 e. The topological polar surface area (TPSA) is 73.2 Å². The molecule has 0 atom stereocenters. The van der Waals surface area contributed by atoms with Crippen molar-refractivity contribution in [3.63, 3.8) is 0 Å². The van der Waals surface area contributed by atoms with Crippen LogP contribution in [0.25, 0.3) is 0 Å². The summed E-state index contributed by atoms with van der Waals surface area (Å²) in [4.78, 5) is 24.2. The number of nitrogens with one attached hydrogen (secondary N) is 1. The molecule has 1 heterocycles. The van der Waals surface area contributed by atoms with Crippen LogP contribution in [0.1, 0.15) is 21.5 Å². The average Bonchev–Trinajstić information content (AvgIpc) is 2.71. The van der Waals surface area contributed by atoms with Crippen molar-refractivity contribution in [2.45, 2.75) is 13.2 Å². The van der Waals surface area contributed by atoms with E-state index in [0.717, 1.165) is 11.1 Å². The van der Waals surface area contributed by atoms with Crippen LogP contribution in [0.3, 0.4) is 0 Å². The van der Waals surface area contributed by atoms with Crippen LogP contribution in [0, 0.1) is 0 Å². The minimum atomic E-state index is -0.378. The molecule has 0 saturated carbocycles.